The first-order valence-electron chi connectivity index (χ1n) is 4.40. The maximum Gasteiger partial charge on any atom is 0.308 e. The Balaban J connectivity index is 2.22. The lowest BCUT2D eigenvalue weighted by molar-refractivity contribution is -0.131. The zero-order valence-electron chi connectivity index (χ0n) is 8.02. The molecule has 1 aromatic rings. The summed E-state index contributed by atoms with van der Waals surface area (Å²) in [5.41, 5.74) is 0.644. The van der Waals surface area contributed by atoms with Crippen molar-refractivity contribution >= 4 is 17.9 Å². The van der Waals surface area contributed by atoms with Gasteiger partial charge in [0, 0.05) is 13.0 Å². The predicted octanol–water partition coefficient (Wildman–Crippen LogP) is 0.941. The lowest BCUT2D eigenvalue weighted by Crippen LogP contribution is -2.20. The van der Waals surface area contributed by atoms with Gasteiger partial charge in [0.2, 0.25) is 6.23 Å². The number of carbonyl (C=O) groups is 2. The van der Waals surface area contributed by atoms with Gasteiger partial charge in [-0.3, -0.25) is 9.59 Å². The third kappa shape index (κ3) is 1.90. The minimum atomic E-state index is -0.660. The zero-order valence-corrected chi connectivity index (χ0v) is 8.02. The van der Waals surface area contributed by atoms with Crippen LogP contribution < -0.4 is 14.8 Å². The first kappa shape index (κ1) is 9.51. The van der Waals surface area contributed by atoms with Crippen LogP contribution in [0.3, 0.4) is 0 Å². The molecule has 0 saturated carbocycles. The summed E-state index contributed by atoms with van der Waals surface area (Å²) in [6.07, 6.45) is -0.00141. The van der Waals surface area contributed by atoms with E-state index in [0.717, 1.165) is 0 Å². The number of esters is 1. The van der Waals surface area contributed by atoms with E-state index in [1.807, 2.05) is 0 Å². The molecule has 1 aromatic carbocycles. The standard InChI is InChI=1S/C10H9NO4/c1-6(13)14-7-2-3-9-8(4-7)11-10(5-12)15-9/h2-5,10-11H,1H3. The van der Waals surface area contributed by atoms with Crippen LogP contribution in [0.5, 0.6) is 11.5 Å². The third-order valence-corrected chi connectivity index (χ3v) is 1.89. The number of hydrogen-bond donors (Lipinski definition) is 1. The quantitative estimate of drug-likeness (QED) is 0.444. The van der Waals surface area contributed by atoms with E-state index in [-0.39, 0.29) is 5.97 Å². The van der Waals surface area contributed by atoms with E-state index in [4.69, 9.17) is 9.47 Å². The van der Waals surface area contributed by atoms with Crippen LogP contribution in [0.4, 0.5) is 5.69 Å². The zero-order chi connectivity index (χ0) is 10.8. The first-order chi connectivity index (χ1) is 7.19. The van der Waals surface area contributed by atoms with E-state index < -0.39 is 6.23 Å². The molecule has 5 heteroatoms. The monoisotopic (exact) mass is 207 g/mol. The van der Waals surface area contributed by atoms with E-state index >= 15 is 0 Å². The van der Waals surface area contributed by atoms with Gasteiger partial charge in [0.1, 0.15) is 11.5 Å². The Labute approximate surface area is 86.0 Å². The number of benzene rings is 1. The molecule has 78 valence electrons. The van der Waals surface area contributed by atoms with E-state index in [9.17, 15) is 9.59 Å². The Hall–Kier alpha value is -2.04. The Kier molecular flexibility index (Phi) is 2.29. The molecule has 1 unspecified atom stereocenters. The summed E-state index contributed by atoms with van der Waals surface area (Å²) in [5, 5.41) is 2.82. The van der Waals surface area contributed by atoms with Crippen LogP contribution in [0.1, 0.15) is 6.92 Å². The van der Waals surface area contributed by atoms with Crippen molar-refractivity contribution in [3.05, 3.63) is 18.2 Å². The number of hydrogen-bond acceptors (Lipinski definition) is 5. The van der Waals surface area contributed by atoms with Gasteiger partial charge in [-0.2, -0.15) is 0 Å². The smallest absolute Gasteiger partial charge is 0.308 e. The number of anilines is 1. The van der Waals surface area contributed by atoms with Crippen molar-refractivity contribution in [2.75, 3.05) is 5.32 Å². The van der Waals surface area contributed by atoms with Gasteiger partial charge in [-0.25, -0.2) is 0 Å². The number of fused-ring (bicyclic) bond motifs is 1. The summed E-state index contributed by atoms with van der Waals surface area (Å²) >= 11 is 0. The predicted molar refractivity (Wildman–Crippen MR) is 51.9 cm³/mol. The highest BCUT2D eigenvalue weighted by molar-refractivity contribution is 5.74. The second kappa shape index (κ2) is 3.61. The minimum Gasteiger partial charge on any atom is -0.461 e. The molecule has 0 bridgehead atoms. The van der Waals surface area contributed by atoms with Gasteiger partial charge in [-0.1, -0.05) is 0 Å². The Bertz CT molecular complexity index is 416. The molecule has 1 aliphatic rings. The van der Waals surface area contributed by atoms with Crippen molar-refractivity contribution < 1.29 is 19.1 Å². The summed E-state index contributed by atoms with van der Waals surface area (Å²) in [7, 11) is 0. The van der Waals surface area contributed by atoms with Crippen LogP contribution in [0.2, 0.25) is 0 Å². The van der Waals surface area contributed by atoms with Gasteiger partial charge in [-0.15, -0.1) is 0 Å². The topological polar surface area (TPSA) is 64.6 Å². The third-order valence-electron chi connectivity index (χ3n) is 1.89. The Morgan fingerprint density at radius 1 is 1.60 bits per heavy atom. The number of ether oxygens (including phenoxy) is 2. The largest absolute Gasteiger partial charge is 0.461 e. The van der Waals surface area contributed by atoms with Gasteiger partial charge in [0.15, 0.2) is 6.29 Å². The molecule has 0 amide bonds. The van der Waals surface area contributed by atoms with E-state index in [0.29, 0.717) is 23.5 Å². The molecule has 5 nitrogen and oxygen atoms in total. The number of rotatable bonds is 2. The van der Waals surface area contributed by atoms with Gasteiger partial charge in [-0.05, 0) is 12.1 Å². The molecule has 0 aromatic heterocycles. The molecule has 1 aliphatic heterocycles. The number of carbonyl (C=O) groups excluding carboxylic acids is 2. The van der Waals surface area contributed by atoms with E-state index in [2.05, 4.69) is 5.32 Å². The van der Waals surface area contributed by atoms with Crippen LogP contribution in [-0.4, -0.2) is 18.5 Å². The molecular weight excluding hydrogens is 198 g/mol. The molecule has 0 radical (unpaired) electrons. The highest BCUT2D eigenvalue weighted by atomic mass is 16.5. The normalized spacial score (nSPS) is 17.3. The Morgan fingerprint density at radius 2 is 2.40 bits per heavy atom. The van der Waals surface area contributed by atoms with E-state index in [1.165, 1.54) is 6.92 Å². The summed E-state index contributed by atoms with van der Waals surface area (Å²) in [5.74, 6) is 0.604. The van der Waals surface area contributed by atoms with Crippen molar-refractivity contribution in [1.82, 2.24) is 0 Å². The van der Waals surface area contributed by atoms with Gasteiger partial charge in [0.25, 0.3) is 0 Å². The highest BCUT2D eigenvalue weighted by Gasteiger charge is 2.21. The van der Waals surface area contributed by atoms with Gasteiger partial charge < -0.3 is 14.8 Å². The molecule has 0 fully saturated rings. The van der Waals surface area contributed by atoms with Crippen LogP contribution in [0.25, 0.3) is 0 Å². The van der Waals surface area contributed by atoms with Crippen molar-refractivity contribution in [1.29, 1.82) is 0 Å². The Morgan fingerprint density at radius 3 is 3.07 bits per heavy atom. The summed E-state index contributed by atoms with van der Waals surface area (Å²) in [6.45, 7) is 1.32. The number of nitrogens with one attached hydrogen (secondary N) is 1. The maximum atomic E-state index is 10.7. The lowest BCUT2D eigenvalue weighted by atomic mass is 10.3. The van der Waals surface area contributed by atoms with Crippen LogP contribution in [-0.2, 0) is 9.59 Å². The van der Waals surface area contributed by atoms with Gasteiger partial charge >= 0.3 is 5.97 Å². The first-order valence-corrected chi connectivity index (χ1v) is 4.40. The average molecular weight is 207 g/mol. The molecule has 1 N–H and O–H groups in total. The SMILES string of the molecule is CC(=O)Oc1ccc2c(c1)NC(C=O)O2. The molecule has 0 saturated heterocycles. The fraction of sp³-hybridized carbons (Fsp3) is 0.200. The summed E-state index contributed by atoms with van der Waals surface area (Å²) in [6, 6.07) is 4.86. The van der Waals surface area contributed by atoms with Crippen molar-refractivity contribution in [2.45, 2.75) is 13.2 Å². The molecule has 0 spiro atoms. The second-order valence-electron chi connectivity index (χ2n) is 3.07. The average Bonchev–Trinajstić information content (AvgIpc) is 2.58. The highest BCUT2D eigenvalue weighted by Crippen LogP contribution is 2.34. The fourth-order valence-corrected chi connectivity index (χ4v) is 1.34. The van der Waals surface area contributed by atoms with Crippen molar-refractivity contribution in [3.8, 4) is 11.5 Å². The van der Waals surface area contributed by atoms with Gasteiger partial charge in [0.05, 0.1) is 5.69 Å². The molecule has 15 heavy (non-hydrogen) atoms. The molecular formula is C10H9NO4. The molecule has 0 aliphatic carbocycles. The summed E-state index contributed by atoms with van der Waals surface area (Å²) in [4.78, 5) is 21.2. The molecule has 2 rings (SSSR count). The summed E-state index contributed by atoms with van der Waals surface area (Å²) < 4.78 is 10.1. The van der Waals surface area contributed by atoms with Crippen LogP contribution in [0, 0.1) is 0 Å². The number of aldehydes is 1. The van der Waals surface area contributed by atoms with E-state index in [1.54, 1.807) is 18.2 Å². The van der Waals surface area contributed by atoms with Crippen molar-refractivity contribution in [2.24, 2.45) is 0 Å². The lowest BCUT2D eigenvalue weighted by Gasteiger charge is -2.02. The van der Waals surface area contributed by atoms with Crippen molar-refractivity contribution in [3.63, 3.8) is 0 Å². The van der Waals surface area contributed by atoms with Crippen LogP contribution >= 0.6 is 0 Å². The second-order valence-corrected chi connectivity index (χ2v) is 3.07. The minimum absolute atomic E-state index is 0.388. The fourth-order valence-electron chi connectivity index (χ4n) is 1.34. The maximum absolute atomic E-state index is 10.7. The molecule has 1 heterocycles. The molecule has 1 atom stereocenters. The van der Waals surface area contributed by atoms with Crippen LogP contribution in [0.15, 0.2) is 18.2 Å².